The average Bonchev–Trinajstić information content (AvgIpc) is 2.90. The number of aliphatic hydroxyl groups is 3. The third-order valence-corrected chi connectivity index (χ3v) is 4.48. The molecule has 1 fully saturated rings. The lowest BCUT2D eigenvalue weighted by Crippen LogP contribution is -2.41. The molecular formula is C17H16F5N3O5. The van der Waals surface area contributed by atoms with Crippen molar-refractivity contribution < 1.29 is 42.0 Å². The fourth-order valence-electron chi connectivity index (χ4n) is 2.87. The molecule has 1 aromatic carbocycles. The second-order valence-electron chi connectivity index (χ2n) is 6.50. The highest BCUT2D eigenvalue weighted by Gasteiger charge is 2.59. The number of hydrogen-bond donors (Lipinski definition) is 4. The third-order valence-electron chi connectivity index (χ3n) is 4.48. The average molecular weight is 437 g/mol. The number of anilines is 1. The van der Waals surface area contributed by atoms with E-state index in [1.165, 1.54) is 0 Å². The molecule has 0 saturated carbocycles. The van der Waals surface area contributed by atoms with E-state index < -0.39 is 54.6 Å². The molecule has 0 amide bonds. The Hall–Kier alpha value is -2.61. The van der Waals surface area contributed by atoms with Gasteiger partial charge in [-0.25, -0.2) is 4.79 Å². The van der Waals surface area contributed by atoms with E-state index in [9.17, 15) is 37.0 Å². The van der Waals surface area contributed by atoms with Crippen LogP contribution in [0.2, 0.25) is 0 Å². The summed E-state index contributed by atoms with van der Waals surface area (Å²) in [7, 11) is 0. The maximum Gasteiger partial charge on any atom is 0.416 e. The van der Waals surface area contributed by atoms with Gasteiger partial charge in [-0.15, -0.1) is 0 Å². The maximum absolute atomic E-state index is 14.1. The second kappa shape index (κ2) is 7.91. The molecule has 1 unspecified atom stereocenters. The van der Waals surface area contributed by atoms with E-state index in [1.807, 2.05) is 0 Å². The molecule has 0 radical (unpaired) electrons. The van der Waals surface area contributed by atoms with Gasteiger partial charge in [-0.3, -0.25) is 4.57 Å². The van der Waals surface area contributed by atoms with Gasteiger partial charge in [0.2, 0.25) is 6.23 Å². The summed E-state index contributed by atoms with van der Waals surface area (Å²) < 4.78 is 71.3. The Balaban J connectivity index is 1.77. The summed E-state index contributed by atoms with van der Waals surface area (Å²) in [5.41, 5.74) is -2.09. The molecule has 164 valence electrons. The van der Waals surface area contributed by atoms with Gasteiger partial charge >= 0.3 is 17.8 Å². The van der Waals surface area contributed by atoms with Crippen molar-refractivity contribution in [3.63, 3.8) is 0 Å². The molecule has 1 aliphatic rings. The summed E-state index contributed by atoms with van der Waals surface area (Å²) in [5.74, 6) is -4.13. The molecule has 0 aliphatic carbocycles. The molecule has 1 aliphatic heterocycles. The van der Waals surface area contributed by atoms with Gasteiger partial charge in [0.25, 0.3) is 0 Å². The fourth-order valence-corrected chi connectivity index (χ4v) is 2.87. The van der Waals surface area contributed by atoms with Gasteiger partial charge in [-0.1, -0.05) is 12.1 Å². The van der Waals surface area contributed by atoms with E-state index in [-0.39, 0.29) is 11.4 Å². The van der Waals surface area contributed by atoms with Gasteiger partial charge in [0.15, 0.2) is 12.3 Å². The van der Waals surface area contributed by atoms with Crippen LogP contribution in [0.3, 0.4) is 0 Å². The number of alkyl halides is 5. The van der Waals surface area contributed by atoms with E-state index >= 15 is 0 Å². The van der Waals surface area contributed by atoms with E-state index in [0.717, 1.165) is 36.5 Å². The van der Waals surface area contributed by atoms with Crippen LogP contribution in [0.5, 0.6) is 0 Å². The van der Waals surface area contributed by atoms with E-state index in [2.05, 4.69) is 10.3 Å². The van der Waals surface area contributed by atoms with Crippen molar-refractivity contribution in [2.45, 2.75) is 36.8 Å². The third kappa shape index (κ3) is 4.14. The van der Waals surface area contributed by atoms with Crippen LogP contribution < -0.4 is 11.0 Å². The predicted molar refractivity (Wildman–Crippen MR) is 90.5 cm³/mol. The largest absolute Gasteiger partial charge is 0.416 e. The zero-order valence-corrected chi connectivity index (χ0v) is 14.9. The van der Waals surface area contributed by atoms with Crippen molar-refractivity contribution >= 4 is 5.82 Å². The molecule has 4 N–H and O–H groups in total. The summed E-state index contributed by atoms with van der Waals surface area (Å²) in [5, 5.41) is 31.0. The maximum atomic E-state index is 14.1. The Morgan fingerprint density at radius 3 is 2.37 bits per heavy atom. The van der Waals surface area contributed by atoms with Crippen molar-refractivity contribution in [2.75, 3.05) is 11.9 Å². The minimum absolute atomic E-state index is 0.0357. The van der Waals surface area contributed by atoms with Crippen LogP contribution in [0.4, 0.5) is 27.8 Å². The molecule has 0 spiro atoms. The van der Waals surface area contributed by atoms with Crippen LogP contribution >= 0.6 is 0 Å². The summed E-state index contributed by atoms with van der Waals surface area (Å²) in [6, 6.07) is 4.60. The quantitative estimate of drug-likeness (QED) is 0.411. The number of benzene rings is 1. The Morgan fingerprint density at radius 2 is 1.87 bits per heavy atom. The zero-order chi connectivity index (χ0) is 22.3. The van der Waals surface area contributed by atoms with Gasteiger partial charge in [-0.05, 0) is 18.2 Å². The number of nitrogens with zero attached hydrogens (tertiary/aromatic N) is 2. The molecule has 2 heterocycles. The number of rotatable bonds is 5. The highest BCUT2D eigenvalue weighted by Crippen LogP contribution is 2.42. The molecule has 2 aromatic rings. The number of nitrogens with one attached hydrogen (secondary N) is 1. The fraction of sp³-hybridized carbons (Fsp3) is 0.412. The Bertz CT molecular complexity index is 950. The first-order chi connectivity index (χ1) is 13.9. The standard InChI is InChI=1S/C17H16F5N3O5/c18-16(19)12(27)10(7-26)30-14(16)25-6-5-11(24-15(25)29)23-13(28)8-1-3-9(4-2-8)17(20,21)22/h1-6,10,12-14,26-28H,7H2,(H,23,24,29)/t10-,12-,13?,14-/m1/s1. The number of halogens is 5. The van der Waals surface area contributed by atoms with Gasteiger partial charge in [0.05, 0.1) is 12.2 Å². The SMILES string of the molecule is O=c1nc(NC(O)c2ccc(C(F)(F)F)cc2)ccn1[C@@H]1O[C@H](CO)[C@@H](O)C1(F)F. The summed E-state index contributed by atoms with van der Waals surface area (Å²) in [4.78, 5) is 15.6. The van der Waals surface area contributed by atoms with Crippen LogP contribution in [0.15, 0.2) is 41.3 Å². The van der Waals surface area contributed by atoms with Gasteiger partial charge in [0.1, 0.15) is 11.9 Å². The van der Waals surface area contributed by atoms with Crippen molar-refractivity contribution in [2.24, 2.45) is 0 Å². The van der Waals surface area contributed by atoms with Crippen molar-refractivity contribution in [1.29, 1.82) is 0 Å². The molecular weight excluding hydrogens is 421 g/mol. The highest BCUT2D eigenvalue weighted by atomic mass is 19.4. The number of aliphatic hydroxyl groups excluding tert-OH is 3. The van der Waals surface area contributed by atoms with E-state index in [4.69, 9.17) is 9.84 Å². The van der Waals surface area contributed by atoms with Crippen LogP contribution in [0.25, 0.3) is 0 Å². The Labute approximate surface area is 165 Å². The molecule has 1 aromatic heterocycles. The van der Waals surface area contributed by atoms with Gasteiger partial charge < -0.3 is 25.4 Å². The molecule has 4 atom stereocenters. The molecule has 1 saturated heterocycles. The molecule has 13 heteroatoms. The normalized spacial score (nSPS) is 24.6. The first kappa shape index (κ1) is 22.1. The van der Waals surface area contributed by atoms with E-state index in [0.29, 0.717) is 4.57 Å². The van der Waals surface area contributed by atoms with Gasteiger partial charge in [0, 0.05) is 11.8 Å². The van der Waals surface area contributed by atoms with Crippen LogP contribution in [0.1, 0.15) is 23.6 Å². The van der Waals surface area contributed by atoms with Crippen LogP contribution in [-0.2, 0) is 10.9 Å². The number of hydrogen-bond acceptors (Lipinski definition) is 7. The first-order valence-corrected chi connectivity index (χ1v) is 8.48. The Kier molecular flexibility index (Phi) is 5.82. The minimum Gasteiger partial charge on any atom is -0.394 e. The van der Waals surface area contributed by atoms with Crippen molar-refractivity contribution in [1.82, 2.24) is 9.55 Å². The monoisotopic (exact) mass is 437 g/mol. The zero-order valence-electron chi connectivity index (χ0n) is 14.9. The van der Waals surface area contributed by atoms with Crippen molar-refractivity contribution in [3.05, 3.63) is 58.1 Å². The van der Waals surface area contributed by atoms with E-state index in [1.54, 1.807) is 0 Å². The summed E-state index contributed by atoms with van der Waals surface area (Å²) in [6.45, 7) is -0.894. The van der Waals surface area contributed by atoms with Crippen molar-refractivity contribution in [3.8, 4) is 0 Å². The molecule has 8 nitrogen and oxygen atoms in total. The lowest BCUT2D eigenvalue weighted by molar-refractivity contribution is -0.141. The lowest BCUT2D eigenvalue weighted by Gasteiger charge is -2.21. The summed E-state index contributed by atoms with van der Waals surface area (Å²) in [6.07, 6.45) is -11.4. The Morgan fingerprint density at radius 1 is 1.23 bits per heavy atom. The predicted octanol–water partition coefficient (Wildman–Crippen LogP) is 1.25. The van der Waals surface area contributed by atoms with Crippen LogP contribution in [0, 0.1) is 0 Å². The highest BCUT2D eigenvalue weighted by molar-refractivity contribution is 5.36. The molecule has 0 bridgehead atoms. The summed E-state index contributed by atoms with van der Waals surface area (Å²) >= 11 is 0. The topological polar surface area (TPSA) is 117 Å². The smallest absolute Gasteiger partial charge is 0.394 e. The minimum atomic E-state index is -4.55. The number of aromatic nitrogens is 2. The number of ether oxygens (including phenoxy) is 1. The first-order valence-electron chi connectivity index (χ1n) is 8.48. The van der Waals surface area contributed by atoms with Gasteiger partial charge in [-0.2, -0.15) is 26.9 Å². The lowest BCUT2D eigenvalue weighted by atomic mass is 10.1. The van der Waals surface area contributed by atoms with Crippen LogP contribution in [-0.4, -0.2) is 49.6 Å². The molecule has 30 heavy (non-hydrogen) atoms. The second-order valence-corrected chi connectivity index (χ2v) is 6.50. The molecule has 3 rings (SSSR count).